The van der Waals surface area contributed by atoms with Crippen molar-refractivity contribution >= 4 is 44.5 Å². The highest BCUT2D eigenvalue weighted by atomic mass is 79.9. The van der Waals surface area contributed by atoms with E-state index in [1.165, 1.54) is 6.07 Å². The lowest BCUT2D eigenvalue weighted by Crippen LogP contribution is -2.08. The number of aromatic carboxylic acids is 1. The summed E-state index contributed by atoms with van der Waals surface area (Å²) in [7, 11) is -1.26. The lowest BCUT2D eigenvalue weighted by Gasteiger charge is -2.06. The van der Waals surface area contributed by atoms with Crippen LogP contribution in [0.15, 0.2) is 27.6 Å². The molecular weight excluding hydrogens is 324 g/mol. The molecule has 0 aliphatic heterocycles. The zero-order valence-electron chi connectivity index (χ0n) is 9.31. The van der Waals surface area contributed by atoms with Crippen molar-refractivity contribution in [3.63, 3.8) is 0 Å². The Morgan fingerprint density at radius 3 is 2.82 bits per heavy atom. The second-order valence-corrected chi connectivity index (χ2v) is 7.04. The van der Waals surface area contributed by atoms with Gasteiger partial charge in [0.15, 0.2) is 0 Å². The third-order valence-corrected chi connectivity index (χ3v) is 5.09. The van der Waals surface area contributed by atoms with E-state index in [0.717, 1.165) is 16.0 Å². The minimum absolute atomic E-state index is 0.119. The number of hydrogen-bond acceptors (Lipinski definition) is 3. The zero-order chi connectivity index (χ0) is 12.8. The van der Waals surface area contributed by atoms with Gasteiger partial charge < -0.3 is 5.11 Å². The van der Waals surface area contributed by atoms with Gasteiger partial charge in [-0.2, -0.15) is 11.8 Å². The van der Waals surface area contributed by atoms with Gasteiger partial charge in [-0.15, -0.1) is 0 Å². The average molecular weight is 337 g/mol. The molecule has 6 heteroatoms. The van der Waals surface area contributed by atoms with E-state index in [2.05, 4.69) is 15.9 Å². The Labute approximate surface area is 116 Å². The Kier molecular flexibility index (Phi) is 6.22. The van der Waals surface area contributed by atoms with Gasteiger partial charge in [0, 0.05) is 16.0 Å². The van der Waals surface area contributed by atoms with Gasteiger partial charge in [-0.1, -0.05) is 22.9 Å². The third kappa shape index (κ3) is 4.44. The van der Waals surface area contributed by atoms with Crippen molar-refractivity contribution in [2.45, 2.75) is 11.8 Å². The molecule has 0 aliphatic rings. The summed E-state index contributed by atoms with van der Waals surface area (Å²) in [4.78, 5) is 11.4. The molecule has 0 bridgehead atoms. The van der Waals surface area contributed by atoms with Crippen LogP contribution in [0.2, 0.25) is 0 Å². The summed E-state index contributed by atoms with van der Waals surface area (Å²) in [6.07, 6.45) is 0. The van der Waals surface area contributed by atoms with Crippen LogP contribution in [0, 0.1) is 0 Å². The maximum atomic E-state index is 12.0. The SMILES string of the molecule is CCSCCS(=O)c1cc(Br)ccc1C(=O)O. The van der Waals surface area contributed by atoms with Crippen LogP contribution in [0.4, 0.5) is 0 Å². The quantitative estimate of drug-likeness (QED) is 0.811. The molecule has 1 atom stereocenters. The summed E-state index contributed by atoms with van der Waals surface area (Å²) >= 11 is 4.96. The first-order chi connectivity index (χ1) is 8.06. The maximum absolute atomic E-state index is 12.0. The minimum atomic E-state index is -1.26. The highest BCUT2D eigenvalue weighted by Crippen LogP contribution is 2.20. The molecule has 1 unspecified atom stereocenters. The van der Waals surface area contributed by atoms with Crippen molar-refractivity contribution in [2.24, 2.45) is 0 Å². The lowest BCUT2D eigenvalue weighted by atomic mass is 10.2. The van der Waals surface area contributed by atoms with Gasteiger partial charge in [0.05, 0.1) is 21.3 Å². The van der Waals surface area contributed by atoms with Crippen molar-refractivity contribution in [2.75, 3.05) is 17.3 Å². The number of benzene rings is 1. The number of thioether (sulfide) groups is 1. The number of carboxylic acids is 1. The van der Waals surface area contributed by atoms with Crippen molar-refractivity contribution in [3.05, 3.63) is 28.2 Å². The molecule has 17 heavy (non-hydrogen) atoms. The van der Waals surface area contributed by atoms with Gasteiger partial charge in [0.2, 0.25) is 0 Å². The first-order valence-electron chi connectivity index (χ1n) is 5.05. The summed E-state index contributed by atoms with van der Waals surface area (Å²) in [6, 6.07) is 4.74. The normalized spacial score (nSPS) is 12.4. The molecule has 0 radical (unpaired) electrons. The molecule has 0 amide bonds. The van der Waals surface area contributed by atoms with Gasteiger partial charge in [0.1, 0.15) is 0 Å². The Morgan fingerprint density at radius 1 is 1.53 bits per heavy atom. The molecule has 0 saturated heterocycles. The van der Waals surface area contributed by atoms with Crippen LogP contribution in [0.3, 0.4) is 0 Å². The van der Waals surface area contributed by atoms with Crippen LogP contribution in [-0.2, 0) is 10.8 Å². The Hall–Kier alpha value is -0.330. The molecule has 1 N–H and O–H groups in total. The topological polar surface area (TPSA) is 54.4 Å². The van der Waals surface area contributed by atoms with Crippen LogP contribution in [-0.4, -0.2) is 32.5 Å². The number of hydrogen-bond donors (Lipinski definition) is 1. The van der Waals surface area contributed by atoms with Crippen LogP contribution in [0.25, 0.3) is 0 Å². The van der Waals surface area contributed by atoms with Crippen molar-refractivity contribution in [1.29, 1.82) is 0 Å². The molecule has 3 nitrogen and oxygen atoms in total. The molecule has 1 rings (SSSR count). The highest BCUT2D eigenvalue weighted by Gasteiger charge is 2.15. The molecule has 1 aromatic rings. The molecule has 1 aromatic carbocycles. The molecule has 94 valence electrons. The molecule has 0 fully saturated rings. The van der Waals surface area contributed by atoms with Crippen LogP contribution in [0.5, 0.6) is 0 Å². The fourth-order valence-corrected chi connectivity index (χ4v) is 4.01. The highest BCUT2D eigenvalue weighted by molar-refractivity contribution is 9.10. The van der Waals surface area contributed by atoms with Gasteiger partial charge in [-0.3, -0.25) is 4.21 Å². The Morgan fingerprint density at radius 2 is 2.24 bits per heavy atom. The monoisotopic (exact) mass is 336 g/mol. The second-order valence-electron chi connectivity index (χ2n) is 3.19. The number of carbonyl (C=O) groups is 1. The minimum Gasteiger partial charge on any atom is -0.478 e. The molecule has 0 aliphatic carbocycles. The fourth-order valence-electron chi connectivity index (χ4n) is 1.25. The van der Waals surface area contributed by atoms with Crippen LogP contribution in [0.1, 0.15) is 17.3 Å². The smallest absolute Gasteiger partial charge is 0.336 e. The largest absolute Gasteiger partial charge is 0.478 e. The fraction of sp³-hybridized carbons (Fsp3) is 0.364. The predicted molar refractivity (Wildman–Crippen MR) is 75.4 cm³/mol. The Balaban J connectivity index is 2.90. The molecule has 0 aromatic heterocycles. The van der Waals surface area contributed by atoms with E-state index in [1.807, 2.05) is 6.92 Å². The van der Waals surface area contributed by atoms with Gasteiger partial charge >= 0.3 is 5.97 Å². The van der Waals surface area contributed by atoms with Gasteiger partial charge in [0.25, 0.3) is 0 Å². The molecule has 0 heterocycles. The van der Waals surface area contributed by atoms with Crippen LogP contribution < -0.4 is 0 Å². The van der Waals surface area contributed by atoms with Crippen LogP contribution >= 0.6 is 27.7 Å². The van der Waals surface area contributed by atoms with E-state index in [4.69, 9.17) is 5.11 Å². The van der Waals surface area contributed by atoms with Crippen molar-refractivity contribution < 1.29 is 14.1 Å². The standard InChI is InChI=1S/C11H13BrO3S2/c1-2-16-5-6-17(15)10-7-8(12)3-4-9(10)11(13)14/h3-4,7H,2,5-6H2,1H3,(H,13,14). The summed E-state index contributed by atoms with van der Waals surface area (Å²) < 4.78 is 12.8. The number of carboxylic acid groups (broad SMARTS) is 1. The second kappa shape index (κ2) is 7.18. The van der Waals surface area contributed by atoms with E-state index >= 15 is 0 Å². The van der Waals surface area contributed by atoms with E-state index in [1.54, 1.807) is 23.9 Å². The summed E-state index contributed by atoms with van der Waals surface area (Å²) in [5, 5.41) is 9.02. The zero-order valence-corrected chi connectivity index (χ0v) is 12.5. The maximum Gasteiger partial charge on any atom is 0.336 e. The van der Waals surface area contributed by atoms with Gasteiger partial charge in [-0.25, -0.2) is 4.79 Å². The Bertz CT molecular complexity index is 435. The van der Waals surface area contributed by atoms with E-state index in [0.29, 0.717) is 10.6 Å². The number of rotatable bonds is 6. The average Bonchev–Trinajstić information content (AvgIpc) is 2.28. The molecule has 0 spiro atoms. The predicted octanol–water partition coefficient (Wildman–Crippen LogP) is 3.01. The first kappa shape index (κ1) is 14.7. The van der Waals surface area contributed by atoms with E-state index < -0.39 is 16.8 Å². The van der Waals surface area contributed by atoms with Crippen molar-refractivity contribution in [1.82, 2.24) is 0 Å². The van der Waals surface area contributed by atoms with Crippen molar-refractivity contribution in [3.8, 4) is 0 Å². The van der Waals surface area contributed by atoms with Gasteiger partial charge in [-0.05, 0) is 24.0 Å². The van der Waals surface area contributed by atoms with E-state index in [-0.39, 0.29) is 5.56 Å². The molecular formula is C11H13BrO3S2. The van der Waals surface area contributed by atoms with E-state index in [9.17, 15) is 9.00 Å². The first-order valence-corrected chi connectivity index (χ1v) is 8.32. The summed E-state index contributed by atoms with van der Waals surface area (Å²) in [6.45, 7) is 2.04. The summed E-state index contributed by atoms with van der Waals surface area (Å²) in [5.74, 6) is 1.19. The summed E-state index contributed by atoms with van der Waals surface area (Å²) in [5.41, 5.74) is 0.119. The lowest BCUT2D eigenvalue weighted by molar-refractivity contribution is 0.0693. The molecule has 0 saturated carbocycles. The third-order valence-electron chi connectivity index (χ3n) is 2.04. The number of halogens is 1.